The van der Waals surface area contributed by atoms with Crippen LogP contribution in [0.3, 0.4) is 0 Å². The molecule has 1 aromatic carbocycles. The van der Waals surface area contributed by atoms with Gasteiger partial charge >= 0.3 is 0 Å². The first-order valence-corrected chi connectivity index (χ1v) is 7.81. The molecule has 0 saturated heterocycles. The Morgan fingerprint density at radius 3 is 2.59 bits per heavy atom. The summed E-state index contributed by atoms with van der Waals surface area (Å²) in [4.78, 5) is 23.3. The maximum atomic E-state index is 11.8. The normalized spacial score (nSPS) is 13.7. The second-order valence-corrected chi connectivity index (χ2v) is 5.65. The highest BCUT2D eigenvalue weighted by Gasteiger charge is 2.28. The van der Waals surface area contributed by atoms with Gasteiger partial charge in [0.05, 0.1) is 6.61 Å². The lowest BCUT2D eigenvalue weighted by Gasteiger charge is -2.10. The molecular weight excluding hydrogens is 280 g/mol. The van der Waals surface area contributed by atoms with E-state index in [2.05, 4.69) is 10.6 Å². The second kappa shape index (κ2) is 8.54. The van der Waals surface area contributed by atoms with E-state index in [0.29, 0.717) is 32.5 Å². The van der Waals surface area contributed by atoms with E-state index in [1.54, 1.807) is 7.11 Å². The number of nitrogens with one attached hydrogen (secondary N) is 2. The van der Waals surface area contributed by atoms with Gasteiger partial charge in [-0.3, -0.25) is 9.59 Å². The average Bonchev–Trinajstić information content (AvgIpc) is 3.35. The maximum Gasteiger partial charge on any atom is 0.223 e. The predicted molar refractivity (Wildman–Crippen MR) is 84.0 cm³/mol. The molecular formula is C17H24N2O3. The summed E-state index contributed by atoms with van der Waals surface area (Å²) in [5.74, 6) is 0.368. The number of ether oxygens (including phenoxy) is 1. The molecule has 0 spiro atoms. The Labute approximate surface area is 131 Å². The number of amides is 2. The van der Waals surface area contributed by atoms with Gasteiger partial charge in [0.1, 0.15) is 0 Å². The Bertz CT molecular complexity index is 512. The van der Waals surface area contributed by atoms with Crippen LogP contribution in [0.25, 0.3) is 0 Å². The molecule has 5 nitrogen and oxygen atoms in total. The zero-order valence-corrected chi connectivity index (χ0v) is 13.1. The van der Waals surface area contributed by atoms with Crippen molar-refractivity contribution in [2.24, 2.45) is 5.92 Å². The van der Waals surface area contributed by atoms with Gasteiger partial charge in [-0.05, 0) is 30.4 Å². The van der Waals surface area contributed by atoms with Crippen LogP contribution in [0.4, 0.5) is 0 Å². The van der Waals surface area contributed by atoms with Crippen molar-refractivity contribution in [3.8, 4) is 0 Å². The molecule has 2 N–H and O–H groups in total. The van der Waals surface area contributed by atoms with Crippen molar-refractivity contribution in [3.63, 3.8) is 0 Å². The van der Waals surface area contributed by atoms with E-state index < -0.39 is 0 Å². The highest BCUT2D eigenvalue weighted by atomic mass is 16.5. The van der Waals surface area contributed by atoms with Crippen molar-refractivity contribution in [2.45, 2.75) is 38.8 Å². The van der Waals surface area contributed by atoms with Gasteiger partial charge in [-0.15, -0.1) is 0 Å². The number of rotatable bonds is 9. The maximum absolute atomic E-state index is 11.8. The number of methoxy groups -OCH3 is 1. The number of hydrogen-bond acceptors (Lipinski definition) is 3. The lowest BCUT2D eigenvalue weighted by molar-refractivity contribution is -0.123. The third-order valence-electron chi connectivity index (χ3n) is 3.72. The summed E-state index contributed by atoms with van der Waals surface area (Å²) in [6.45, 7) is 1.62. The number of hydrogen-bond donors (Lipinski definition) is 2. The van der Waals surface area contributed by atoms with E-state index in [1.165, 1.54) is 0 Å². The predicted octanol–water partition coefficient (Wildman–Crippen LogP) is 1.76. The molecule has 1 aliphatic carbocycles. The van der Waals surface area contributed by atoms with E-state index in [9.17, 15) is 9.59 Å². The Morgan fingerprint density at radius 2 is 1.91 bits per heavy atom. The summed E-state index contributed by atoms with van der Waals surface area (Å²) in [5.41, 5.74) is 2.15. The fraction of sp³-hybridized carbons (Fsp3) is 0.529. The van der Waals surface area contributed by atoms with Gasteiger partial charge in [0.25, 0.3) is 0 Å². The minimum atomic E-state index is 0.00731. The van der Waals surface area contributed by atoms with Crippen molar-refractivity contribution in [1.29, 1.82) is 0 Å². The van der Waals surface area contributed by atoms with Gasteiger partial charge in [0.2, 0.25) is 11.8 Å². The topological polar surface area (TPSA) is 67.4 Å². The van der Waals surface area contributed by atoms with Crippen molar-refractivity contribution >= 4 is 11.8 Å². The minimum Gasteiger partial charge on any atom is -0.380 e. The first-order valence-electron chi connectivity index (χ1n) is 7.81. The van der Waals surface area contributed by atoms with Gasteiger partial charge in [-0.1, -0.05) is 24.3 Å². The Hall–Kier alpha value is -1.88. The van der Waals surface area contributed by atoms with Crippen molar-refractivity contribution in [1.82, 2.24) is 10.6 Å². The lowest BCUT2D eigenvalue weighted by atomic mass is 10.1. The molecule has 0 aliphatic heterocycles. The van der Waals surface area contributed by atoms with Crippen LogP contribution in [-0.2, 0) is 27.5 Å². The number of carbonyl (C=O) groups is 2. The van der Waals surface area contributed by atoms with Crippen LogP contribution < -0.4 is 10.6 Å². The first kappa shape index (κ1) is 16.5. The summed E-state index contributed by atoms with van der Waals surface area (Å²) in [6.07, 6.45) is 3.11. The lowest BCUT2D eigenvalue weighted by Crippen LogP contribution is -2.28. The molecule has 2 amide bonds. The van der Waals surface area contributed by atoms with E-state index >= 15 is 0 Å². The molecule has 1 aromatic rings. The molecule has 120 valence electrons. The SMILES string of the molecule is COCc1ccccc1CNC(=O)CCCNC(=O)C1CC1. The van der Waals surface area contributed by atoms with Gasteiger partial charge < -0.3 is 15.4 Å². The highest BCUT2D eigenvalue weighted by molar-refractivity contribution is 5.81. The third kappa shape index (κ3) is 5.48. The van der Waals surface area contributed by atoms with Crippen molar-refractivity contribution < 1.29 is 14.3 Å². The average molecular weight is 304 g/mol. The third-order valence-corrected chi connectivity index (χ3v) is 3.72. The fourth-order valence-electron chi connectivity index (χ4n) is 2.26. The summed E-state index contributed by atoms with van der Waals surface area (Å²) >= 11 is 0. The molecule has 0 radical (unpaired) electrons. The van der Waals surface area contributed by atoms with Gasteiger partial charge in [-0.25, -0.2) is 0 Å². The van der Waals surface area contributed by atoms with Crippen LogP contribution in [0.1, 0.15) is 36.8 Å². The molecule has 0 heterocycles. The standard InChI is InChI=1S/C17H24N2O3/c1-22-12-15-6-3-2-5-14(15)11-19-16(20)7-4-10-18-17(21)13-8-9-13/h2-3,5-6,13H,4,7-12H2,1H3,(H,18,21)(H,19,20). The number of carbonyl (C=O) groups excluding carboxylic acids is 2. The summed E-state index contributed by atoms with van der Waals surface area (Å²) in [5, 5.41) is 5.78. The molecule has 1 saturated carbocycles. The Balaban J connectivity index is 1.63. The number of benzene rings is 1. The second-order valence-electron chi connectivity index (χ2n) is 5.65. The zero-order chi connectivity index (χ0) is 15.8. The monoisotopic (exact) mass is 304 g/mol. The minimum absolute atomic E-state index is 0.00731. The smallest absolute Gasteiger partial charge is 0.223 e. The Kier molecular flexibility index (Phi) is 6.40. The molecule has 0 aromatic heterocycles. The van der Waals surface area contributed by atoms with Gasteiger partial charge in [-0.2, -0.15) is 0 Å². The quantitative estimate of drug-likeness (QED) is 0.683. The highest BCUT2D eigenvalue weighted by Crippen LogP contribution is 2.28. The largest absolute Gasteiger partial charge is 0.380 e. The molecule has 0 unspecified atom stereocenters. The molecule has 1 aliphatic rings. The van der Waals surface area contributed by atoms with Crippen LogP contribution in [-0.4, -0.2) is 25.5 Å². The molecule has 0 bridgehead atoms. The van der Waals surface area contributed by atoms with Crippen LogP contribution in [0.2, 0.25) is 0 Å². The molecule has 22 heavy (non-hydrogen) atoms. The van der Waals surface area contributed by atoms with Gasteiger partial charge in [0, 0.05) is 32.5 Å². The van der Waals surface area contributed by atoms with Crippen LogP contribution in [0.5, 0.6) is 0 Å². The zero-order valence-electron chi connectivity index (χ0n) is 13.1. The molecule has 5 heteroatoms. The van der Waals surface area contributed by atoms with Gasteiger partial charge in [0.15, 0.2) is 0 Å². The van der Waals surface area contributed by atoms with E-state index in [0.717, 1.165) is 24.0 Å². The molecule has 1 fully saturated rings. The first-order chi connectivity index (χ1) is 10.7. The van der Waals surface area contributed by atoms with E-state index in [4.69, 9.17) is 4.74 Å². The van der Waals surface area contributed by atoms with Crippen LogP contribution >= 0.6 is 0 Å². The Morgan fingerprint density at radius 1 is 1.18 bits per heavy atom. The van der Waals surface area contributed by atoms with Crippen molar-refractivity contribution in [2.75, 3.05) is 13.7 Å². The molecule has 0 atom stereocenters. The summed E-state index contributed by atoms with van der Waals surface area (Å²) in [6, 6.07) is 7.90. The summed E-state index contributed by atoms with van der Waals surface area (Å²) < 4.78 is 5.15. The van der Waals surface area contributed by atoms with E-state index in [-0.39, 0.29) is 17.7 Å². The van der Waals surface area contributed by atoms with E-state index in [1.807, 2.05) is 24.3 Å². The summed E-state index contributed by atoms with van der Waals surface area (Å²) in [7, 11) is 1.66. The fourth-order valence-corrected chi connectivity index (χ4v) is 2.26. The van der Waals surface area contributed by atoms with Crippen LogP contribution in [0.15, 0.2) is 24.3 Å². The molecule has 2 rings (SSSR count). The van der Waals surface area contributed by atoms with Crippen molar-refractivity contribution in [3.05, 3.63) is 35.4 Å². The van der Waals surface area contributed by atoms with Crippen LogP contribution in [0, 0.1) is 5.92 Å².